The molecule has 2 rings (SSSR count). The van der Waals surface area contributed by atoms with Gasteiger partial charge >= 0.3 is 0 Å². The number of aromatic nitrogens is 2. The molecular weight excluding hydrogens is 288 g/mol. The number of hydrogen-bond acceptors (Lipinski definition) is 4. The molecule has 0 aliphatic carbocycles. The van der Waals surface area contributed by atoms with E-state index in [2.05, 4.69) is 25.9 Å². The van der Waals surface area contributed by atoms with Gasteiger partial charge in [-0.1, -0.05) is 15.9 Å². The molecule has 1 unspecified atom stereocenters. The van der Waals surface area contributed by atoms with Crippen molar-refractivity contribution in [1.82, 2.24) is 9.97 Å². The van der Waals surface area contributed by atoms with Gasteiger partial charge in [0, 0.05) is 22.8 Å². The lowest BCUT2D eigenvalue weighted by atomic mass is 10.3. The van der Waals surface area contributed by atoms with Gasteiger partial charge in [0.2, 0.25) is 0 Å². The number of aryl methyl sites for hydroxylation is 1. The van der Waals surface area contributed by atoms with Crippen LogP contribution in [-0.2, 0) is 4.79 Å². The molecule has 0 N–H and O–H groups in total. The van der Waals surface area contributed by atoms with E-state index in [0.29, 0.717) is 0 Å². The number of thiazole rings is 1. The van der Waals surface area contributed by atoms with Gasteiger partial charge in [0.1, 0.15) is 16.1 Å². The Morgan fingerprint density at radius 2 is 2.12 bits per heavy atom. The van der Waals surface area contributed by atoms with Gasteiger partial charge in [0.05, 0.1) is 5.69 Å². The number of carbonyl (C=O) groups is 1. The highest BCUT2D eigenvalue weighted by molar-refractivity contribution is 9.09. The summed E-state index contributed by atoms with van der Waals surface area (Å²) in [5, 5.41) is 0.918. The van der Waals surface area contributed by atoms with Crippen LogP contribution < -0.4 is 0 Å². The number of pyridine rings is 1. The fourth-order valence-corrected chi connectivity index (χ4v) is 2.96. The van der Waals surface area contributed by atoms with E-state index in [9.17, 15) is 4.79 Å². The minimum atomic E-state index is -0.263. The minimum Gasteiger partial charge on any atom is -0.302 e. The molecule has 3 nitrogen and oxygen atoms in total. The molecule has 2 aromatic rings. The minimum absolute atomic E-state index is 0.263. The third-order valence-corrected chi connectivity index (χ3v) is 4.40. The lowest BCUT2D eigenvalue weighted by Gasteiger charge is -1.96. The van der Waals surface area contributed by atoms with E-state index < -0.39 is 0 Å². The summed E-state index contributed by atoms with van der Waals surface area (Å²) < 4.78 is 0. The van der Waals surface area contributed by atoms with Crippen molar-refractivity contribution in [3.63, 3.8) is 0 Å². The molecule has 0 radical (unpaired) electrons. The molecule has 0 saturated carbocycles. The summed E-state index contributed by atoms with van der Waals surface area (Å²) in [6, 6.07) is 3.82. The van der Waals surface area contributed by atoms with Crippen molar-refractivity contribution in [3.8, 4) is 10.6 Å². The molecule has 16 heavy (non-hydrogen) atoms. The maximum atomic E-state index is 10.7. The van der Waals surface area contributed by atoms with Gasteiger partial charge in [-0.05, 0) is 19.1 Å². The third-order valence-electron chi connectivity index (χ3n) is 2.13. The topological polar surface area (TPSA) is 42.9 Å². The molecule has 0 aliphatic heterocycles. The number of rotatable bonds is 3. The van der Waals surface area contributed by atoms with E-state index in [4.69, 9.17) is 0 Å². The van der Waals surface area contributed by atoms with E-state index >= 15 is 0 Å². The largest absolute Gasteiger partial charge is 0.302 e. The van der Waals surface area contributed by atoms with Crippen LogP contribution in [0.25, 0.3) is 10.6 Å². The normalized spacial score (nSPS) is 12.4. The number of carbonyl (C=O) groups excluding carboxylic acids is 1. The van der Waals surface area contributed by atoms with E-state index in [1.54, 1.807) is 12.4 Å². The SMILES string of the molecule is Cc1nc(-c2ccncc2)sc1C(Br)C=O. The zero-order valence-corrected chi connectivity index (χ0v) is 11.0. The molecule has 0 amide bonds. The van der Waals surface area contributed by atoms with Gasteiger partial charge in [-0.2, -0.15) is 0 Å². The molecular formula is C11H9BrN2OS. The Morgan fingerprint density at radius 1 is 1.44 bits per heavy atom. The predicted octanol–water partition coefficient (Wildman–Crippen LogP) is 3.15. The Kier molecular flexibility index (Phi) is 3.46. The van der Waals surface area contributed by atoms with Crippen LogP contribution in [0.2, 0.25) is 0 Å². The summed E-state index contributed by atoms with van der Waals surface area (Å²) in [6.07, 6.45) is 4.34. The first-order valence-corrected chi connectivity index (χ1v) is 6.42. The number of alkyl halides is 1. The van der Waals surface area contributed by atoms with Crippen LogP contribution in [0.5, 0.6) is 0 Å². The second kappa shape index (κ2) is 4.84. The average molecular weight is 297 g/mol. The van der Waals surface area contributed by atoms with Crippen molar-refractivity contribution in [2.45, 2.75) is 11.8 Å². The molecule has 0 aliphatic rings. The summed E-state index contributed by atoms with van der Waals surface area (Å²) in [5.74, 6) is 0. The Labute approximate surface area is 106 Å². The molecule has 2 heterocycles. The molecule has 0 aromatic carbocycles. The van der Waals surface area contributed by atoms with Gasteiger partial charge in [0.15, 0.2) is 0 Å². The number of aldehydes is 1. The van der Waals surface area contributed by atoms with Crippen LogP contribution in [0.15, 0.2) is 24.5 Å². The van der Waals surface area contributed by atoms with Crippen LogP contribution in [0.3, 0.4) is 0 Å². The van der Waals surface area contributed by atoms with E-state index in [1.807, 2.05) is 19.1 Å². The molecule has 5 heteroatoms. The molecule has 1 atom stereocenters. The highest BCUT2D eigenvalue weighted by atomic mass is 79.9. The quantitative estimate of drug-likeness (QED) is 0.645. The van der Waals surface area contributed by atoms with Crippen molar-refractivity contribution in [2.24, 2.45) is 0 Å². The highest BCUT2D eigenvalue weighted by Crippen LogP contribution is 2.34. The molecule has 0 fully saturated rings. The highest BCUT2D eigenvalue weighted by Gasteiger charge is 2.15. The van der Waals surface area contributed by atoms with Gasteiger partial charge < -0.3 is 4.79 Å². The Morgan fingerprint density at radius 3 is 2.75 bits per heavy atom. The van der Waals surface area contributed by atoms with Crippen LogP contribution in [0.4, 0.5) is 0 Å². The summed E-state index contributed by atoms with van der Waals surface area (Å²) in [5.41, 5.74) is 1.92. The van der Waals surface area contributed by atoms with Crippen LogP contribution >= 0.6 is 27.3 Å². The monoisotopic (exact) mass is 296 g/mol. The number of halogens is 1. The van der Waals surface area contributed by atoms with E-state index in [1.165, 1.54) is 11.3 Å². The van der Waals surface area contributed by atoms with Crippen molar-refractivity contribution in [3.05, 3.63) is 35.1 Å². The van der Waals surface area contributed by atoms with Crippen LogP contribution in [0.1, 0.15) is 15.4 Å². The Hall–Kier alpha value is -1.07. The van der Waals surface area contributed by atoms with Crippen molar-refractivity contribution in [1.29, 1.82) is 0 Å². The number of hydrogen-bond donors (Lipinski definition) is 0. The Balaban J connectivity index is 2.42. The first-order chi connectivity index (χ1) is 7.72. The van der Waals surface area contributed by atoms with Crippen molar-refractivity contribution < 1.29 is 4.79 Å². The smallest absolute Gasteiger partial charge is 0.138 e. The second-order valence-electron chi connectivity index (χ2n) is 3.24. The lowest BCUT2D eigenvalue weighted by Crippen LogP contribution is -1.88. The maximum absolute atomic E-state index is 10.7. The van der Waals surface area contributed by atoms with Crippen molar-refractivity contribution in [2.75, 3.05) is 0 Å². The van der Waals surface area contributed by atoms with E-state index in [0.717, 1.165) is 27.4 Å². The number of nitrogens with zero attached hydrogens (tertiary/aromatic N) is 2. The fourth-order valence-electron chi connectivity index (χ4n) is 1.34. The van der Waals surface area contributed by atoms with Gasteiger partial charge in [-0.3, -0.25) is 4.98 Å². The van der Waals surface area contributed by atoms with Gasteiger partial charge in [-0.15, -0.1) is 11.3 Å². The maximum Gasteiger partial charge on any atom is 0.138 e. The first kappa shape index (κ1) is 11.4. The summed E-state index contributed by atoms with van der Waals surface area (Å²) in [7, 11) is 0. The van der Waals surface area contributed by atoms with Crippen molar-refractivity contribution >= 4 is 33.6 Å². The zero-order valence-electron chi connectivity index (χ0n) is 8.55. The second-order valence-corrected chi connectivity index (χ2v) is 5.26. The third kappa shape index (κ3) is 2.20. The van der Waals surface area contributed by atoms with Crippen LogP contribution in [-0.4, -0.2) is 16.3 Å². The van der Waals surface area contributed by atoms with Gasteiger partial charge in [0.25, 0.3) is 0 Å². The molecule has 82 valence electrons. The van der Waals surface area contributed by atoms with Gasteiger partial charge in [-0.25, -0.2) is 4.98 Å². The summed E-state index contributed by atoms with van der Waals surface area (Å²) >= 11 is 4.84. The molecule has 0 bridgehead atoms. The fraction of sp³-hybridized carbons (Fsp3) is 0.182. The van der Waals surface area contributed by atoms with Crippen LogP contribution in [0, 0.1) is 6.92 Å². The van der Waals surface area contributed by atoms with E-state index in [-0.39, 0.29) is 4.83 Å². The summed E-state index contributed by atoms with van der Waals surface area (Å²) in [4.78, 5) is 19.8. The lowest BCUT2D eigenvalue weighted by molar-refractivity contribution is -0.107. The predicted molar refractivity (Wildman–Crippen MR) is 67.8 cm³/mol. The standard InChI is InChI=1S/C11H9BrN2OS/c1-7-10(9(12)6-15)16-11(14-7)8-2-4-13-5-3-8/h2-6,9H,1H3. The first-order valence-electron chi connectivity index (χ1n) is 4.69. The molecule has 0 spiro atoms. The Bertz CT molecular complexity index is 498. The average Bonchev–Trinajstić information content (AvgIpc) is 2.71. The molecule has 0 saturated heterocycles. The molecule has 2 aromatic heterocycles. The zero-order chi connectivity index (χ0) is 11.5. The summed E-state index contributed by atoms with van der Waals surface area (Å²) in [6.45, 7) is 1.91.